The van der Waals surface area contributed by atoms with Gasteiger partial charge in [0.2, 0.25) is 0 Å². The standard InChI is InChI=1S/C21H30N2OS/c1-23(13-15-3-5-19(25-2)6-4-15)20(24)22-14-21-10-16-7-17(11-21)9-18(8-16)12-21/h3-6,16-18H,7-14H2,1-2H3,(H,22,24). The molecule has 5 rings (SSSR count). The molecule has 25 heavy (non-hydrogen) atoms. The Morgan fingerprint density at radius 1 is 1.12 bits per heavy atom. The Bertz CT molecular complexity index is 592. The molecule has 1 aromatic carbocycles. The van der Waals surface area contributed by atoms with Gasteiger partial charge in [0.1, 0.15) is 0 Å². The summed E-state index contributed by atoms with van der Waals surface area (Å²) in [5.74, 6) is 2.82. The summed E-state index contributed by atoms with van der Waals surface area (Å²) in [6.45, 7) is 1.55. The summed E-state index contributed by atoms with van der Waals surface area (Å²) in [4.78, 5) is 15.7. The largest absolute Gasteiger partial charge is 0.337 e. The topological polar surface area (TPSA) is 32.3 Å². The first kappa shape index (κ1) is 17.3. The molecule has 4 saturated carbocycles. The van der Waals surface area contributed by atoms with Crippen LogP contribution in [-0.2, 0) is 6.54 Å². The van der Waals surface area contributed by atoms with Crippen LogP contribution in [0.4, 0.5) is 4.79 Å². The lowest BCUT2D eigenvalue weighted by Crippen LogP contribution is -2.52. The normalized spacial score (nSPS) is 32.6. The fraction of sp³-hybridized carbons (Fsp3) is 0.667. The maximum Gasteiger partial charge on any atom is 0.317 e. The van der Waals surface area contributed by atoms with Crippen LogP contribution in [0.15, 0.2) is 29.2 Å². The molecule has 2 amide bonds. The second kappa shape index (κ2) is 6.86. The van der Waals surface area contributed by atoms with Crippen LogP contribution in [0.2, 0.25) is 0 Å². The first-order chi connectivity index (χ1) is 12.0. The van der Waals surface area contributed by atoms with Crippen molar-refractivity contribution >= 4 is 17.8 Å². The molecule has 0 aromatic heterocycles. The zero-order chi connectivity index (χ0) is 17.4. The molecular formula is C21H30N2OS. The summed E-state index contributed by atoms with van der Waals surface area (Å²) in [6, 6.07) is 8.57. The molecule has 0 aliphatic heterocycles. The predicted octanol–water partition coefficient (Wildman–Crippen LogP) is 4.77. The van der Waals surface area contributed by atoms with Crippen molar-refractivity contribution in [3.8, 4) is 0 Å². The van der Waals surface area contributed by atoms with Crippen molar-refractivity contribution in [3.05, 3.63) is 29.8 Å². The van der Waals surface area contributed by atoms with Crippen molar-refractivity contribution in [2.24, 2.45) is 23.2 Å². The molecule has 0 atom stereocenters. The van der Waals surface area contributed by atoms with Crippen molar-refractivity contribution in [1.82, 2.24) is 10.2 Å². The third-order valence-corrected chi connectivity index (χ3v) is 7.45. The van der Waals surface area contributed by atoms with E-state index in [2.05, 4.69) is 35.8 Å². The molecule has 0 heterocycles. The summed E-state index contributed by atoms with van der Waals surface area (Å²) < 4.78 is 0. The number of amides is 2. The minimum absolute atomic E-state index is 0.0738. The van der Waals surface area contributed by atoms with E-state index in [4.69, 9.17) is 0 Å². The van der Waals surface area contributed by atoms with Gasteiger partial charge >= 0.3 is 6.03 Å². The SMILES string of the molecule is CSc1ccc(CN(C)C(=O)NCC23CC4CC(CC(C4)C2)C3)cc1. The molecule has 4 heteroatoms. The summed E-state index contributed by atoms with van der Waals surface area (Å²) in [7, 11) is 1.90. The van der Waals surface area contributed by atoms with Crippen LogP contribution in [0.3, 0.4) is 0 Å². The first-order valence-electron chi connectivity index (χ1n) is 9.67. The number of urea groups is 1. The monoisotopic (exact) mass is 358 g/mol. The molecule has 4 aliphatic rings. The Morgan fingerprint density at radius 3 is 2.20 bits per heavy atom. The van der Waals surface area contributed by atoms with Crippen LogP contribution in [0, 0.1) is 23.2 Å². The molecule has 0 saturated heterocycles. The van der Waals surface area contributed by atoms with Gasteiger partial charge in [0, 0.05) is 25.0 Å². The van der Waals surface area contributed by atoms with Crippen molar-refractivity contribution in [2.45, 2.75) is 50.0 Å². The average Bonchev–Trinajstić information content (AvgIpc) is 2.59. The summed E-state index contributed by atoms with van der Waals surface area (Å²) in [5, 5.41) is 3.27. The van der Waals surface area contributed by atoms with Crippen LogP contribution >= 0.6 is 11.8 Å². The number of benzene rings is 1. The molecule has 0 unspecified atom stereocenters. The minimum atomic E-state index is 0.0738. The van der Waals surface area contributed by atoms with E-state index in [1.54, 1.807) is 11.8 Å². The lowest BCUT2D eigenvalue weighted by Gasteiger charge is -2.57. The third kappa shape index (κ3) is 3.69. The molecule has 4 fully saturated rings. The van der Waals surface area contributed by atoms with Crippen LogP contribution in [-0.4, -0.2) is 30.8 Å². The van der Waals surface area contributed by atoms with Gasteiger partial charge in [0.05, 0.1) is 0 Å². The van der Waals surface area contributed by atoms with Gasteiger partial charge in [-0.25, -0.2) is 4.79 Å². The lowest BCUT2D eigenvalue weighted by molar-refractivity contribution is -0.0501. The highest BCUT2D eigenvalue weighted by Crippen LogP contribution is 2.59. The second-order valence-corrected chi connectivity index (χ2v) is 9.66. The predicted molar refractivity (Wildman–Crippen MR) is 104 cm³/mol. The summed E-state index contributed by atoms with van der Waals surface area (Å²) in [5.41, 5.74) is 1.59. The van der Waals surface area contributed by atoms with Gasteiger partial charge < -0.3 is 10.2 Å². The number of rotatable bonds is 5. The summed E-state index contributed by atoms with van der Waals surface area (Å²) in [6.07, 6.45) is 10.5. The average molecular weight is 359 g/mol. The molecule has 0 radical (unpaired) electrons. The van der Waals surface area contributed by atoms with Gasteiger partial charge in [-0.15, -0.1) is 11.8 Å². The van der Waals surface area contributed by atoms with E-state index in [1.165, 1.54) is 49.0 Å². The molecule has 1 N–H and O–H groups in total. The van der Waals surface area contributed by atoms with Crippen molar-refractivity contribution in [3.63, 3.8) is 0 Å². The van der Waals surface area contributed by atoms with E-state index < -0.39 is 0 Å². The first-order valence-corrected chi connectivity index (χ1v) is 10.9. The highest BCUT2D eigenvalue weighted by atomic mass is 32.2. The second-order valence-electron chi connectivity index (χ2n) is 8.78. The smallest absolute Gasteiger partial charge is 0.317 e. The number of hydrogen-bond donors (Lipinski definition) is 1. The molecule has 3 nitrogen and oxygen atoms in total. The van der Waals surface area contributed by atoms with E-state index in [-0.39, 0.29) is 6.03 Å². The van der Waals surface area contributed by atoms with Crippen LogP contribution in [0.1, 0.15) is 44.1 Å². The molecule has 4 bridgehead atoms. The molecular weight excluding hydrogens is 328 g/mol. The van der Waals surface area contributed by atoms with Gasteiger partial charge in [-0.2, -0.15) is 0 Å². The molecule has 136 valence electrons. The minimum Gasteiger partial charge on any atom is -0.337 e. The Labute approximate surface area is 155 Å². The van der Waals surface area contributed by atoms with Gasteiger partial charge in [0.15, 0.2) is 0 Å². The highest BCUT2D eigenvalue weighted by Gasteiger charge is 2.50. The molecule has 0 spiro atoms. The van der Waals surface area contributed by atoms with Gasteiger partial charge in [0.25, 0.3) is 0 Å². The number of carbonyl (C=O) groups is 1. The fourth-order valence-corrected chi connectivity index (χ4v) is 6.39. The van der Waals surface area contributed by atoms with Crippen LogP contribution < -0.4 is 5.32 Å². The quantitative estimate of drug-likeness (QED) is 0.769. The molecule has 1 aromatic rings. The Balaban J connectivity index is 1.31. The maximum absolute atomic E-state index is 12.6. The van der Waals surface area contributed by atoms with E-state index in [9.17, 15) is 4.79 Å². The number of nitrogens with zero attached hydrogens (tertiary/aromatic N) is 1. The van der Waals surface area contributed by atoms with Crippen LogP contribution in [0.5, 0.6) is 0 Å². The Hall–Kier alpha value is -1.16. The van der Waals surface area contributed by atoms with E-state index in [1.807, 2.05) is 11.9 Å². The molecule has 4 aliphatic carbocycles. The number of carbonyl (C=O) groups excluding carboxylic acids is 1. The Morgan fingerprint density at radius 2 is 1.68 bits per heavy atom. The lowest BCUT2D eigenvalue weighted by atomic mass is 9.49. The van der Waals surface area contributed by atoms with E-state index in [0.29, 0.717) is 12.0 Å². The Kier molecular flexibility index (Phi) is 4.74. The van der Waals surface area contributed by atoms with Crippen molar-refractivity contribution in [2.75, 3.05) is 19.8 Å². The fourth-order valence-electron chi connectivity index (χ4n) is 5.98. The van der Waals surface area contributed by atoms with Crippen molar-refractivity contribution < 1.29 is 4.79 Å². The zero-order valence-electron chi connectivity index (χ0n) is 15.5. The van der Waals surface area contributed by atoms with Crippen LogP contribution in [0.25, 0.3) is 0 Å². The number of hydrogen-bond acceptors (Lipinski definition) is 2. The van der Waals surface area contributed by atoms with Gasteiger partial charge in [-0.05, 0) is 85.6 Å². The van der Waals surface area contributed by atoms with E-state index in [0.717, 1.165) is 24.3 Å². The maximum atomic E-state index is 12.6. The van der Waals surface area contributed by atoms with Gasteiger partial charge in [-0.1, -0.05) is 12.1 Å². The summed E-state index contributed by atoms with van der Waals surface area (Å²) >= 11 is 1.75. The highest BCUT2D eigenvalue weighted by molar-refractivity contribution is 7.98. The zero-order valence-corrected chi connectivity index (χ0v) is 16.3. The van der Waals surface area contributed by atoms with Crippen molar-refractivity contribution in [1.29, 1.82) is 0 Å². The third-order valence-electron chi connectivity index (χ3n) is 6.71. The van der Waals surface area contributed by atoms with Gasteiger partial charge in [-0.3, -0.25) is 0 Å². The number of thioether (sulfide) groups is 1. The number of nitrogens with one attached hydrogen (secondary N) is 1. The van der Waals surface area contributed by atoms with E-state index >= 15 is 0 Å².